The summed E-state index contributed by atoms with van der Waals surface area (Å²) in [6, 6.07) is 20.4. The maximum Gasteiger partial charge on any atom is 0.216 e. The SMILES string of the molecule is Cc1ccc2c(oc3c(-c4cccc[n+]4C)c(C)ccc32)c1-c1ccc(C2CCCCC2)c2c1CCC2. The van der Waals surface area contributed by atoms with Crippen molar-refractivity contribution in [2.24, 2.45) is 7.05 Å². The van der Waals surface area contributed by atoms with Gasteiger partial charge in [-0.05, 0) is 91.3 Å². The Bertz CT molecular complexity index is 1660. The number of aromatic nitrogens is 1. The molecule has 3 aromatic carbocycles. The van der Waals surface area contributed by atoms with Gasteiger partial charge in [0, 0.05) is 28.5 Å². The van der Waals surface area contributed by atoms with Gasteiger partial charge in [-0.1, -0.05) is 55.7 Å². The van der Waals surface area contributed by atoms with Crippen molar-refractivity contribution in [3.05, 3.63) is 88.6 Å². The van der Waals surface area contributed by atoms with Crippen LogP contribution < -0.4 is 4.57 Å². The van der Waals surface area contributed by atoms with Gasteiger partial charge in [0.25, 0.3) is 0 Å². The van der Waals surface area contributed by atoms with Crippen molar-refractivity contribution >= 4 is 21.9 Å². The Morgan fingerprint density at radius 1 is 0.703 bits per heavy atom. The third-order valence-corrected chi connectivity index (χ3v) is 9.17. The molecule has 1 fully saturated rings. The molecule has 0 radical (unpaired) electrons. The molecule has 7 rings (SSSR count). The molecule has 0 N–H and O–H groups in total. The molecule has 2 heterocycles. The number of pyridine rings is 1. The summed E-state index contributed by atoms with van der Waals surface area (Å²) in [7, 11) is 2.11. The fourth-order valence-electron chi connectivity index (χ4n) is 7.30. The molecule has 1 saturated carbocycles. The Kier molecular flexibility index (Phi) is 5.46. The van der Waals surface area contributed by atoms with Crippen LogP contribution in [0.2, 0.25) is 0 Å². The maximum atomic E-state index is 6.93. The number of aryl methyl sites for hydroxylation is 3. The van der Waals surface area contributed by atoms with Gasteiger partial charge in [-0.15, -0.1) is 0 Å². The molecule has 2 aromatic heterocycles. The zero-order valence-corrected chi connectivity index (χ0v) is 22.4. The fraction of sp³-hybridized carbons (Fsp3) is 0.343. The Balaban J connectivity index is 1.48. The third kappa shape index (κ3) is 3.56. The van der Waals surface area contributed by atoms with Crippen LogP contribution in [-0.4, -0.2) is 0 Å². The topological polar surface area (TPSA) is 17.0 Å². The molecule has 2 aliphatic rings. The van der Waals surface area contributed by atoms with Gasteiger partial charge in [0.2, 0.25) is 5.69 Å². The Hall–Kier alpha value is -3.39. The minimum absolute atomic E-state index is 0.759. The monoisotopic (exact) mass is 486 g/mol. The van der Waals surface area contributed by atoms with Gasteiger partial charge in [-0.25, -0.2) is 4.57 Å². The van der Waals surface area contributed by atoms with Crippen molar-refractivity contribution in [3.8, 4) is 22.4 Å². The van der Waals surface area contributed by atoms with Crippen LogP contribution >= 0.6 is 0 Å². The fourth-order valence-corrected chi connectivity index (χ4v) is 7.30. The van der Waals surface area contributed by atoms with Gasteiger partial charge in [0.15, 0.2) is 6.20 Å². The quantitative estimate of drug-likeness (QED) is 0.233. The van der Waals surface area contributed by atoms with Gasteiger partial charge in [-0.3, -0.25) is 0 Å². The second-order valence-corrected chi connectivity index (χ2v) is 11.4. The average molecular weight is 487 g/mol. The van der Waals surface area contributed by atoms with Gasteiger partial charge in [-0.2, -0.15) is 0 Å². The average Bonchev–Trinajstić information content (AvgIpc) is 3.55. The third-order valence-electron chi connectivity index (χ3n) is 9.17. The summed E-state index contributed by atoms with van der Waals surface area (Å²) in [6.45, 7) is 4.44. The normalized spacial score (nSPS) is 16.1. The molecular formula is C35H36NO+. The number of rotatable bonds is 3. The second kappa shape index (κ2) is 8.87. The van der Waals surface area contributed by atoms with Crippen molar-refractivity contribution in [2.75, 3.05) is 0 Å². The van der Waals surface area contributed by atoms with E-state index in [9.17, 15) is 0 Å². The van der Waals surface area contributed by atoms with Crippen LogP contribution in [0.5, 0.6) is 0 Å². The molecule has 0 aliphatic heterocycles. The molecular weight excluding hydrogens is 450 g/mol. The number of hydrogen-bond donors (Lipinski definition) is 0. The summed E-state index contributed by atoms with van der Waals surface area (Å²) >= 11 is 0. The molecule has 0 bridgehead atoms. The van der Waals surface area contributed by atoms with E-state index in [1.807, 2.05) is 0 Å². The van der Waals surface area contributed by atoms with E-state index in [-0.39, 0.29) is 0 Å². The molecule has 0 atom stereocenters. The number of fused-ring (bicyclic) bond motifs is 4. The zero-order chi connectivity index (χ0) is 25.1. The van der Waals surface area contributed by atoms with Crippen LogP contribution in [0, 0.1) is 13.8 Å². The van der Waals surface area contributed by atoms with Gasteiger partial charge < -0.3 is 4.42 Å². The first-order chi connectivity index (χ1) is 18.1. The molecule has 0 unspecified atom stereocenters. The van der Waals surface area contributed by atoms with E-state index in [1.54, 1.807) is 16.7 Å². The van der Waals surface area contributed by atoms with E-state index in [2.05, 4.69) is 86.3 Å². The Labute approximate surface area is 220 Å². The first-order valence-electron chi connectivity index (χ1n) is 14.2. The lowest BCUT2D eigenvalue weighted by molar-refractivity contribution is -0.660. The van der Waals surface area contributed by atoms with Crippen molar-refractivity contribution in [1.82, 2.24) is 0 Å². The maximum absolute atomic E-state index is 6.93. The molecule has 0 amide bonds. The van der Waals surface area contributed by atoms with Gasteiger partial charge in [0.1, 0.15) is 18.2 Å². The summed E-state index contributed by atoms with van der Waals surface area (Å²) in [5.41, 5.74) is 14.5. The van der Waals surface area contributed by atoms with E-state index < -0.39 is 0 Å². The highest BCUT2D eigenvalue weighted by Crippen LogP contribution is 2.46. The molecule has 186 valence electrons. The molecule has 2 nitrogen and oxygen atoms in total. The summed E-state index contributed by atoms with van der Waals surface area (Å²) in [4.78, 5) is 0. The molecule has 0 saturated heterocycles. The second-order valence-electron chi connectivity index (χ2n) is 11.4. The van der Waals surface area contributed by atoms with Crippen LogP contribution in [0.3, 0.4) is 0 Å². The molecule has 37 heavy (non-hydrogen) atoms. The minimum atomic E-state index is 0.759. The van der Waals surface area contributed by atoms with Crippen molar-refractivity contribution < 1.29 is 8.98 Å². The van der Waals surface area contributed by atoms with Crippen LogP contribution in [0.1, 0.15) is 72.3 Å². The van der Waals surface area contributed by atoms with E-state index in [4.69, 9.17) is 4.42 Å². The smallest absolute Gasteiger partial charge is 0.216 e. The van der Waals surface area contributed by atoms with Crippen LogP contribution in [0.4, 0.5) is 0 Å². The summed E-state index contributed by atoms with van der Waals surface area (Å²) < 4.78 is 9.13. The lowest BCUT2D eigenvalue weighted by Crippen LogP contribution is -2.30. The number of nitrogens with zero attached hydrogens (tertiary/aromatic N) is 1. The standard InChI is InChI=1S/C35H36NO/c1-22-15-17-29-30-18-16-23(2)33(31-14-7-8-21-36(31)3)35(30)37-34(29)32(22)28-20-19-25(24-10-5-4-6-11-24)26-12-9-13-27(26)28/h7-8,14-21,24H,4-6,9-13H2,1-3H3/q+1. The molecule has 2 heteroatoms. The first kappa shape index (κ1) is 22.8. The predicted molar refractivity (Wildman–Crippen MR) is 153 cm³/mol. The Morgan fingerprint density at radius 2 is 1.41 bits per heavy atom. The van der Waals surface area contributed by atoms with E-state index >= 15 is 0 Å². The number of benzene rings is 3. The van der Waals surface area contributed by atoms with Gasteiger partial charge >= 0.3 is 0 Å². The highest BCUT2D eigenvalue weighted by Gasteiger charge is 2.27. The van der Waals surface area contributed by atoms with Crippen molar-refractivity contribution in [3.63, 3.8) is 0 Å². The molecule has 0 spiro atoms. The van der Waals surface area contributed by atoms with Gasteiger partial charge in [0.05, 0.1) is 5.56 Å². The summed E-state index contributed by atoms with van der Waals surface area (Å²) in [5.74, 6) is 0.759. The molecule has 5 aromatic rings. The highest BCUT2D eigenvalue weighted by atomic mass is 16.3. The van der Waals surface area contributed by atoms with Crippen LogP contribution in [0.25, 0.3) is 44.3 Å². The van der Waals surface area contributed by atoms with Crippen LogP contribution in [0.15, 0.2) is 65.2 Å². The number of hydrogen-bond acceptors (Lipinski definition) is 1. The minimum Gasteiger partial charge on any atom is -0.454 e. The highest BCUT2D eigenvalue weighted by molar-refractivity contribution is 6.13. The largest absolute Gasteiger partial charge is 0.454 e. The zero-order valence-electron chi connectivity index (χ0n) is 22.4. The molecule has 2 aliphatic carbocycles. The van der Waals surface area contributed by atoms with Crippen molar-refractivity contribution in [1.29, 1.82) is 0 Å². The van der Waals surface area contributed by atoms with E-state index in [1.165, 1.54) is 95.7 Å². The predicted octanol–water partition coefficient (Wildman–Crippen LogP) is 8.90. The lowest BCUT2D eigenvalue weighted by atomic mass is 9.80. The van der Waals surface area contributed by atoms with E-state index in [0.717, 1.165) is 17.1 Å². The first-order valence-corrected chi connectivity index (χ1v) is 14.2. The summed E-state index contributed by atoms with van der Waals surface area (Å²) in [6.07, 6.45) is 12.7. The number of furan rings is 1. The Morgan fingerprint density at radius 3 is 2.16 bits per heavy atom. The van der Waals surface area contributed by atoms with Crippen LogP contribution in [-0.2, 0) is 19.9 Å². The lowest BCUT2D eigenvalue weighted by Gasteiger charge is -2.25. The van der Waals surface area contributed by atoms with E-state index in [0.29, 0.717) is 0 Å². The summed E-state index contributed by atoms with van der Waals surface area (Å²) in [5, 5.41) is 2.43. The van der Waals surface area contributed by atoms with Crippen molar-refractivity contribution in [2.45, 2.75) is 71.1 Å².